The lowest BCUT2D eigenvalue weighted by Gasteiger charge is -2.48. The third kappa shape index (κ3) is 4.64. The summed E-state index contributed by atoms with van der Waals surface area (Å²) >= 11 is 0. The first-order valence-corrected chi connectivity index (χ1v) is 20.9. The summed E-state index contributed by atoms with van der Waals surface area (Å²) in [6.45, 7) is 0. The molecule has 0 aliphatic carbocycles. The van der Waals surface area contributed by atoms with Crippen molar-refractivity contribution in [1.29, 1.82) is 0 Å². The Balaban J connectivity index is 1.22. The summed E-state index contributed by atoms with van der Waals surface area (Å²) < 4.78 is 2.51. The molecule has 12 rings (SSSR count). The summed E-state index contributed by atoms with van der Waals surface area (Å²) in [6.07, 6.45) is 0. The molecule has 2 aromatic heterocycles. The standard InChI is InChI=1S/C53H34N3P/c1-4-17-35(18-5-1)45-34-46(36-19-6-2-7-20-36)55-52(54-45)37-31-32-50-44(33-37)53(42-26-12-15-30-49(42)57(50)38-21-8-3-9-22-38)41-25-11-14-29-48(41)56-47-28-13-10-23-39(47)40-24-16-27-43(53)51(40)56/h1-34H. The second-order valence-electron chi connectivity index (χ2n) is 14.9. The molecule has 10 aromatic rings. The second-order valence-corrected chi connectivity index (χ2v) is 17.1. The molecule has 1 spiro atoms. The van der Waals surface area contributed by atoms with Crippen molar-refractivity contribution in [2.24, 2.45) is 0 Å². The van der Waals surface area contributed by atoms with Crippen LogP contribution in [0.1, 0.15) is 22.3 Å². The molecule has 0 bridgehead atoms. The zero-order chi connectivity index (χ0) is 37.5. The molecule has 0 saturated carbocycles. The fourth-order valence-electron chi connectivity index (χ4n) is 9.66. The number of nitrogens with zero attached hydrogens (tertiary/aromatic N) is 3. The Labute approximate surface area is 332 Å². The zero-order valence-corrected chi connectivity index (χ0v) is 31.8. The molecule has 4 heteroatoms. The van der Waals surface area contributed by atoms with Crippen LogP contribution in [-0.2, 0) is 5.41 Å². The van der Waals surface area contributed by atoms with E-state index >= 15 is 0 Å². The number of fused-ring (bicyclic) bond motifs is 11. The van der Waals surface area contributed by atoms with E-state index in [1.165, 1.54) is 65.7 Å². The van der Waals surface area contributed by atoms with Crippen molar-refractivity contribution in [3.8, 4) is 39.6 Å². The maximum Gasteiger partial charge on any atom is 0.160 e. The van der Waals surface area contributed by atoms with E-state index in [9.17, 15) is 0 Å². The Morgan fingerprint density at radius 3 is 1.74 bits per heavy atom. The van der Waals surface area contributed by atoms with Gasteiger partial charge >= 0.3 is 0 Å². The van der Waals surface area contributed by atoms with Crippen molar-refractivity contribution in [3.63, 3.8) is 0 Å². The Bertz CT molecular complexity index is 3130. The average molecular weight is 744 g/mol. The Kier molecular flexibility index (Phi) is 7.11. The maximum atomic E-state index is 5.34. The summed E-state index contributed by atoms with van der Waals surface area (Å²) in [5.74, 6) is 0.715. The highest BCUT2D eigenvalue weighted by Gasteiger charge is 2.51. The summed E-state index contributed by atoms with van der Waals surface area (Å²) in [6, 6.07) is 75.4. The number of hydrogen-bond acceptors (Lipinski definition) is 2. The van der Waals surface area contributed by atoms with Crippen LogP contribution < -0.4 is 15.9 Å². The highest BCUT2D eigenvalue weighted by molar-refractivity contribution is 7.80. The van der Waals surface area contributed by atoms with Gasteiger partial charge in [-0.15, -0.1) is 0 Å². The van der Waals surface area contributed by atoms with Crippen LogP contribution in [0.15, 0.2) is 206 Å². The van der Waals surface area contributed by atoms with E-state index in [0.29, 0.717) is 5.82 Å². The fraction of sp³-hybridized carbons (Fsp3) is 0.0189. The van der Waals surface area contributed by atoms with Gasteiger partial charge in [-0.2, -0.15) is 0 Å². The normalized spacial score (nSPS) is 16.3. The number of aromatic nitrogens is 3. The van der Waals surface area contributed by atoms with E-state index < -0.39 is 13.3 Å². The molecule has 0 radical (unpaired) electrons. The van der Waals surface area contributed by atoms with Crippen molar-refractivity contribution in [2.45, 2.75) is 5.41 Å². The second kappa shape index (κ2) is 12.5. The van der Waals surface area contributed by atoms with E-state index in [2.05, 4.69) is 211 Å². The Morgan fingerprint density at radius 2 is 0.982 bits per heavy atom. The first kappa shape index (κ1) is 32.3. The number of rotatable bonds is 4. The number of para-hydroxylation sites is 3. The lowest BCUT2D eigenvalue weighted by atomic mass is 9.62. The number of hydrogen-bond donors (Lipinski definition) is 0. The van der Waals surface area contributed by atoms with Gasteiger partial charge in [0.25, 0.3) is 0 Å². The van der Waals surface area contributed by atoms with Crippen LogP contribution >= 0.6 is 7.92 Å². The minimum atomic E-state index is -0.898. The largest absolute Gasteiger partial charge is 0.309 e. The van der Waals surface area contributed by atoms with Crippen LogP contribution in [0.25, 0.3) is 61.4 Å². The molecular formula is C53H34N3P. The van der Waals surface area contributed by atoms with Gasteiger partial charge in [0.05, 0.1) is 33.5 Å². The van der Waals surface area contributed by atoms with Crippen molar-refractivity contribution >= 4 is 45.6 Å². The molecule has 57 heavy (non-hydrogen) atoms. The molecule has 2 aliphatic heterocycles. The van der Waals surface area contributed by atoms with E-state index in [1.54, 1.807) is 0 Å². The third-order valence-corrected chi connectivity index (χ3v) is 14.5. The van der Waals surface area contributed by atoms with Crippen molar-refractivity contribution in [1.82, 2.24) is 14.5 Å². The van der Waals surface area contributed by atoms with Gasteiger partial charge in [0.2, 0.25) is 0 Å². The first-order valence-electron chi connectivity index (χ1n) is 19.5. The smallest absolute Gasteiger partial charge is 0.160 e. The summed E-state index contributed by atoms with van der Waals surface area (Å²) in [5, 5.41) is 6.63. The van der Waals surface area contributed by atoms with Crippen LogP contribution in [0.5, 0.6) is 0 Å². The van der Waals surface area contributed by atoms with Gasteiger partial charge in [0, 0.05) is 27.5 Å². The van der Waals surface area contributed by atoms with Gasteiger partial charge in [-0.05, 0) is 70.4 Å². The Hall–Kier alpha value is -6.93. The molecule has 0 amide bonds. The van der Waals surface area contributed by atoms with E-state index in [1.807, 2.05) is 0 Å². The van der Waals surface area contributed by atoms with Gasteiger partial charge in [0.1, 0.15) is 0 Å². The predicted molar refractivity (Wildman–Crippen MR) is 237 cm³/mol. The minimum Gasteiger partial charge on any atom is -0.309 e. The number of benzene rings is 8. The summed E-state index contributed by atoms with van der Waals surface area (Å²) in [7, 11) is -0.898. The van der Waals surface area contributed by atoms with Gasteiger partial charge in [0.15, 0.2) is 5.82 Å². The summed E-state index contributed by atoms with van der Waals surface area (Å²) in [5.41, 5.74) is 13.2. The predicted octanol–water partition coefficient (Wildman–Crippen LogP) is 11.3. The van der Waals surface area contributed by atoms with Gasteiger partial charge < -0.3 is 4.57 Å². The molecule has 0 N–H and O–H groups in total. The van der Waals surface area contributed by atoms with Gasteiger partial charge in [-0.3, -0.25) is 0 Å². The molecule has 2 atom stereocenters. The van der Waals surface area contributed by atoms with Gasteiger partial charge in [-0.1, -0.05) is 182 Å². The lowest BCUT2D eigenvalue weighted by molar-refractivity contribution is 0.734. The third-order valence-electron chi connectivity index (χ3n) is 12.0. The Morgan fingerprint density at radius 1 is 0.404 bits per heavy atom. The van der Waals surface area contributed by atoms with Crippen molar-refractivity contribution in [3.05, 3.63) is 229 Å². The highest BCUT2D eigenvalue weighted by Crippen LogP contribution is 2.58. The van der Waals surface area contributed by atoms with Crippen LogP contribution in [-0.4, -0.2) is 14.5 Å². The molecule has 0 fully saturated rings. The SMILES string of the molecule is c1ccc(-c2cc(-c3ccccc3)nc(-c3ccc4c(c3)C3(c5ccccc5-n5c6ccccc6c6cccc3c65)c3ccccc3P4c3ccccc3)n2)cc1. The zero-order valence-electron chi connectivity index (χ0n) is 30.9. The first-order chi connectivity index (χ1) is 28.3. The minimum absolute atomic E-state index is 0.616. The molecule has 4 heterocycles. The average Bonchev–Trinajstić information content (AvgIpc) is 3.63. The molecule has 2 aliphatic rings. The van der Waals surface area contributed by atoms with Gasteiger partial charge in [-0.25, -0.2) is 9.97 Å². The molecule has 8 aromatic carbocycles. The molecule has 2 unspecified atom stereocenters. The van der Waals surface area contributed by atoms with Crippen LogP contribution in [0.4, 0.5) is 0 Å². The molecular weight excluding hydrogens is 710 g/mol. The van der Waals surface area contributed by atoms with E-state index in [-0.39, 0.29) is 0 Å². The van der Waals surface area contributed by atoms with Crippen LogP contribution in [0.3, 0.4) is 0 Å². The topological polar surface area (TPSA) is 30.7 Å². The summed E-state index contributed by atoms with van der Waals surface area (Å²) in [4.78, 5) is 10.7. The van der Waals surface area contributed by atoms with Crippen LogP contribution in [0, 0.1) is 0 Å². The maximum absolute atomic E-state index is 5.34. The van der Waals surface area contributed by atoms with Crippen molar-refractivity contribution in [2.75, 3.05) is 0 Å². The quantitative estimate of drug-likeness (QED) is 0.168. The van der Waals surface area contributed by atoms with Crippen LogP contribution in [0.2, 0.25) is 0 Å². The fourth-order valence-corrected chi connectivity index (χ4v) is 12.4. The monoisotopic (exact) mass is 743 g/mol. The van der Waals surface area contributed by atoms with E-state index in [0.717, 1.165) is 28.1 Å². The molecule has 0 saturated heterocycles. The molecule has 3 nitrogen and oxygen atoms in total. The van der Waals surface area contributed by atoms with E-state index in [4.69, 9.17) is 9.97 Å². The lowest BCUT2D eigenvalue weighted by Crippen LogP contribution is -2.47. The highest BCUT2D eigenvalue weighted by atomic mass is 31.1. The van der Waals surface area contributed by atoms with Crippen molar-refractivity contribution < 1.29 is 0 Å². The molecule has 266 valence electrons.